The second kappa shape index (κ2) is 6.35. The largest absolute Gasteiger partial charge is 0.495 e. The van der Waals surface area contributed by atoms with E-state index >= 15 is 0 Å². The van der Waals surface area contributed by atoms with Crippen LogP contribution in [0.5, 0.6) is 11.5 Å². The highest BCUT2D eigenvalue weighted by Crippen LogP contribution is 2.49. The highest BCUT2D eigenvalue weighted by atomic mass is 79.9. The molecule has 0 radical (unpaired) electrons. The molecule has 1 N–H and O–H groups in total. The van der Waals surface area contributed by atoms with Crippen LogP contribution in [-0.4, -0.2) is 19.3 Å². The van der Waals surface area contributed by atoms with E-state index < -0.39 is 5.60 Å². The van der Waals surface area contributed by atoms with Crippen molar-refractivity contribution < 1.29 is 14.6 Å². The van der Waals surface area contributed by atoms with E-state index in [4.69, 9.17) is 9.47 Å². The minimum Gasteiger partial charge on any atom is -0.495 e. The standard InChI is InChI=1S/C16H23BrO3/c1-4-11-7-5-6-10-16(11,18)12-8-9-13(19-2)14(17)15(12)20-3/h8-9,11,18H,4-7,10H2,1-3H3. The number of aliphatic hydroxyl groups is 1. The lowest BCUT2D eigenvalue weighted by molar-refractivity contribution is -0.0573. The van der Waals surface area contributed by atoms with Crippen LogP contribution in [-0.2, 0) is 5.60 Å². The molecule has 0 amide bonds. The van der Waals surface area contributed by atoms with Gasteiger partial charge >= 0.3 is 0 Å². The summed E-state index contributed by atoms with van der Waals surface area (Å²) in [5.41, 5.74) is 0.0758. The zero-order chi connectivity index (χ0) is 14.8. The molecular formula is C16H23BrO3. The highest BCUT2D eigenvalue weighted by Gasteiger charge is 2.41. The van der Waals surface area contributed by atoms with Gasteiger partial charge in [0.05, 0.1) is 19.8 Å². The van der Waals surface area contributed by atoms with Crippen molar-refractivity contribution in [3.63, 3.8) is 0 Å². The van der Waals surface area contributed by atoms with E-state index in [9.17, 15) is 5.11 Å². The smallest absolute Gasteiger partial charge is 0.142 e. The molecule has 1 saturated carbocycles. The van der Waals surface area contributed by atoms with Crippen LogP contribution in [0.25, 0.3) is 0 Å². The normalized spacial score (nSPS) is 26.4. The zero-order valence-electron chi connectivity index (χ0n) is 12.4. The number of rotatable bonds is 4. The molecule has 0 heterocycles. The maximum atomic E-state index is 11.3. The summed E-state index contributed by atoms with van der Waals surface area (Å²) in [5.74, 6) is 1.69. The molecule has 0 saturated heterocycles. The van der Waals surface area contributed by atoms with E-state index in [2.05, 4.69) is 22.9 Å². The quantitative estimate of drug-likeness (QED) is 0.888. The van der Waals surface area contributed by atoms with E-state index in [-0.39, 0.29) is 5.92 Å². The maximum Gasteiger partial charge on any atom is 0.142 e. The van der Waals surface area contributed by atoms with Gasteiger partial charge in [0.1, 0.15) is 16.0 Å². The number of ether oxygens (including phenoxy) is 2. The first-order valence-corrected chi connectivity index (χ1v) is 8.01. The molecule has 112 valence electrons. The molecule has 0 aliphatic heterocycles. The van der Waals surface area contributed by atoms with Crippen LogP contribution in [0, 0.1) is 5.92 Å². The molecule has 2 atom stereocenters. The van der Waals surface area contributed by atoms with Gasteiger partial charge in [-0.3, -0.25) is 0 Å². The van der Waals surface area contributed by atoms with Gasteiger partial charge in [0.15, 0.2) is 0 Å². The van der Waals surface area contributed by atoms with Crippen molar-refractivity contribution in [1.82, 2.24) is 0 Å². The Balaban J connectivity index is 2.52. The molecule has 20 heavy (non-hydrogen) atoms. The lowest BCUT2D eigenvalue weighted by atomic mass is 9.70. The summed E-state index contributed by atoms with van der Waals surface area (Å²) in [4.78, 5) is 0. The Morgan fingerprint density at radius 3 is 2.65 bits per heavy atom. The Bertz CT molecular complexity index is 475. The Labute approximate surface area is 129 Å². The molecule has 0 spiro atoms. The molecule has 0 aromatic heterocycles. The Morgan fingerprint density at radius 1 is 1.30 bits per heavy atom. The fraction of sp³-hybridized carbons (Fsp3) is 0.625. The van der Waals surface area contributed by atoms with Gasteiger partial charge in [-0.05, 0) is 46.8 Å². The van der Waals surface area contributed by atoms with Crippen molar-refractivity contribution in [1.29, 1.82) is 0 Å². The first-order valence-electron chi connectivity index (χ1n) is 7.21. The number of halogens is 1. The number of methoxy groups -OCH3 is 2. The van der Waals surface area contributed by atoms with Crippen LogP contribution in [0.3, 0.4) is 0 Å². The Morgan fingerprint density at radius 2 is 2.05 bits per heavy atom. The predicted molar refractivity (Wildman–Crippen MR) is 83.4 cm³/mol. The molecule has 4 heteroatoms. The molecular weight excluding hydrogens is 320 g/mol. The lowest BCUT2D eigenvalue weighted by Crippen LogP contribution is -2.38. The fourth-order valence-electron chi connectivity index (χ4n) is 3.36. The maximum absolute atomic E-state index is 11.3. The molecule has 0 bridgehead atoms. The van der Waals surface area contributed by atoms with Crippen molar-refractivity contribution in [2.45, 2.75) is 44.6 Å². The monoisotopic (exact) mass is 342 g/mol. The lowest BCUT2D eigenvalue weighted by Gasteiger charge is -2.41. The fourth-order valence-corrected chi connectivity index (χ4v) is 4.03. The van der Waals surface area contributed by atoms with Crippen molar-refractivity contribution in [3.8, 4) is 11.5 Å². The SMILES string of the molecule is CCC1CCCCC1(O)c1ccc(OC)c(Br)c1OC. The highest BCUT2D eigenvalue weighted by molar-refractivity contribution is 9.10. The molecule has 1 aliphatic carbocycles. The molecule has 3 nitrogen and oxygen atoms in total. The van der Waals surface area contributed by atoms with Crippen LogP contribution in [0.4, 0.5) is 0 Å². The average Bonchev–Trinajstić information content (AvgIpc) is 2.47. The van der Waals surface area contributed by atoms with E-state index in [1.807, 2.05) is 12.1 Å². The van der Waals surface area contributed by atoms with Crippen molar-refractivity contribution >= 4 is 15.9 Å². The average molecular weight is 343 g/mol. The summed E-state index contributed by atoms with van der Waals surface area (Å²) in [5, 5.41) is 11.3. The van der Waals surface area contributed by atoms with Crippen LogP contribution in [0.15, 0.2) is 16.6 Å². The van der Waals surface area contributed by atoms with E-state index in [0.717, 1.165) is 41.5 Å². The van der Waals surface area contributed by atoms with Crippen LogP contribution in [0.1, 0.15) is 44.6 Å². The second-order valence-corrected chi connectivity index (χ2v) is 6.23. The predicted octanol–water partition coefficient (Wildman–Crippen LogP) is 4.25. The molecule has 1 aromatic rings. The van der Waals surface area contributed by atoms with Crippen LogP contribution < -0.4 is 9.47 Å². The van der Waals surface area contributed by atoms with Crippen molar-refractivity contribution in [3.05, 3.63) is 22.2 Å². The van der Waals surface area contributed by atoms with Crippen molar-refractivity contribution in [2.24, 2.45) is 5.92 Å². The summed E-state index contributed by atoms with van der Waals surface area (Å²) >= 11 is 3.52. The van der Waals surface area contributed by atoms with Crippen LogP contribution >= 0.6 is 15.9 Å². The number of benzene rings is 1. The summed E-state index contributed by atoms with van der Waals surface area (Å²) < 4.78 is 11.6. The van der Waals surface area contributed by atoms with Gasteiger partial charge in [-0.15, -0.1) is 0 Å². The summed E-state index contributed by atoms with van der Waals surface area (Å²) in [6, 6.07) is 3.83. The number of hydrogen-bond donors (Lipinski definition) is 1. The van der Waals surface area contributed by atoms with Gasteiger partial charge in [0.2, 0.25) is 0 Å². The van der Waals surface area contributed by atoms with E-state index in [1.165, 1.54) is 6.42 Å². The van der Waals surface area contributed by atoms with Gasteiger partial charge in [-0.2, -0.15) is 0 Å². The minimum atomic E-state index is -0.798. The van der Waals surface area contributed by atoms with Gasteiger partial charge in [-0.25, -0.2) is 0 Å². The topological polar surface area (TPSA) is 38.7 Å². The van der Waals surface area contributed by atoms with Crippen molar-refractivity contribution in [2.75, 3.05) is 14.2 Å². The molecule has 2 unspecified atom stereocenters. The minimum absolute atomic E-state index is 0.283. The third-order valence-electron chi connectivity index (χ3n) is 4.48. The zero-order valence-corrected chi connectivity index (χ0v) is 14.0. The van der Waals surface area contributed by atoms with Gasteiger partial charge in [0, 0.05) is 5.56 Å². The van der Waals surface area contributed by atoms with Gasteiger partial charge in [-0.1, -0.05) is 26.2 Å². The third-order valence-corrected chi connectivity index (χ3v) is 5.23. The molecule has 2 rings (SSSR count). The third kappa shape index (κ3) is 2.56. The van der Waals surface area contributed by atoms with Crippen LogP contribution in [0.2, 0.25) is 0 Å². The molecule has 1 aliphatic rings. The summed E-state index contributed by atoms with van der Waals surface area (Å²) in [6.45, 7) is 2.14. The second-order valence-electron chi connectivity index (χ2n) is 5.44. The Hall–Kier alpha value is -0.740. The molecule has 1 fully saturated rings. The van der Waals surface area contributed by atoms with E-state index in [0.29, 0.717) is 5.75 Å². The summed E-state index contributed by atoms with van der Waals surface area (Å²) in [6.07, 6.45) is 5.09. The summed E-state index contributed by atoms with van der Waals surface area (Å²) in [7, 11) is 3.26. The Kier molecular flexibility index (Phi) is 4.97. The van der Waals surface area contributed by atoms with E-state index in [1.54, 1.807) is 14.2 Å². The van der Waals surface area contributed by atoms with Gasteiger partial charge < -0.3 is 14.6 Å². The molecule has 1 aromatic carbocycles. The first kappa shape index (κ1) is 15.6. The number of hydrogen-bond acceptors (Lipinski definition) is 3. The first-order chi connectivity index (χ1) is 9.58. The van der Waals surface area contributed by atoms with Gasteiger partial charge in [0.25, 0.3) is 0 Å².